The van der Waals surface area contributed by atoms with Crippen LogP contribution in [0.2, 0.25) is 0 Å². The maximum atomic E-state index is 12.9. The van der Waals surface area contributed by atoms with Crippen molar-refractivity contribution in [2.45, 2.75) is 31.8 Å². The number of hydrogen-bond acceptors (Lipinski definition) is 7. The minimum absolute atomic E-state index is 0.0391. The van der Waals surface area contributed by atoms with Gasteiger partial charge in [-0.1, -0.05) is 13.8 Å². The number of methoxy groups -OCH3 is 3. The first kappa shape index (κ1) is 26.2. The van der Waals surface area contributed by atoms with Crippen LogP contribution in [-0.4, -0.2) is 69.6 Å². The minimum Gasteiger partial charge on any atom is -0.493 e. The molecule has 0 saturated heterocycles. The molecule has 33 heavy (non-hydrogen) atoms. The lowest BCUT2D eigenvalue weighted by molar-refractivity contribution is -0.131. The lowest BCUT2D eigenvalue weighted by atomic mass is 10.1. The molecule has 10 nitrogen and oxygen atoms in total. The Morgan fingerprint density at radius 2 is 1.61 bits per heavy atom. The Kier molecular flexibility index (Phi) is 8.89. The highest BCUT2D eigenvalue weighted by molar-refractivity contribution is 7.89. The number of ether oxygens (including phenoxy) is 3. The molecule has 2 aromatic rings. The zero-order valence-electron chi connectivity index (χ0n) is 19.8. The zero-order valence-corrected chi connectivity index (χ0v) is 20.6. The van der Waals surface area contributed by atoms with Crippen LogP contribution in [0.5, 0.6) is 17.2 Å². The second-order valence-corrected chi connectivity index (χ2v) is 9.10. The fraction of sp³-hybridized carbons (Fsp3) is 0.455. The Bertz CT molecular complexity index is 1140. The predicted octanol–water partition coefficient (Wildman–Crippen LogP) is 1.56. The third-order valence-corrected chi connectivity index (χ3v) is 7.26. The largest absolute Gasteiger partial charge is 0.493 e. The van der Waals surface area contributed by atoms with Gasteiger partial charge in [0.2, 0.25) is 21.7 Å². The summed E-state index contributed by atoms with van der Waals surface area (Å²) in [6.45, 7) is 3.93. The van der Waals surface area contributed by atoms with E-state index in [9.17, 15) is 18.0 Å². The number of likely N-dealkylation sites (N-methyl/N-ethyl adjacent to an activating group) is 1. The number of nitrogens with zero attached hydrogens (tertiary/aromatic N) is 3. The standard InChI is InChI=1S/C22H31N3O7S/c1-7-25(8-2)33(28,29)17-10-12-19(26)24(14-17)15-20(27)23(3)13-16-9-11-18(30-4)22(32-6)21(16)31-5/h9-12,14H,7-8,13,15H2,1-6H3. The lowest BCUT2D eigenvalue weighted by Crippen LogP contribution is -2.35. The van der Waals surface area contributed by atoms with E-state index in [2.05, 4.69) is 0 Å². The number of amides is 1. The summed E-state index contributed by atoms with van der Waals surface area (Å²) in [4.78, 5) is 26.6. The normalized spacial score (nSPS) is 11.4. The van der Waals surface area contributed by atoms with E-state index >= 15 is 0 Å². The molecule has 0 aliphatic heterocycles. The summed E-state index contributed by atoms with van der Waals surface area (Å²) in [6, 6.07) is 5.88. The van der Waals surface area contributed by atoms with Crippen molar-refractivity contribution in [3.8, 4) is 17.2 Å². The second kappa shape index (κ2) is 11.2. The van der Waals surface area contributed by atoms with Crippen LogP contribution >= 0.6 is 0 Å². The Morgan fingerprint density at radius 1 is 0.970 bits per heavy atom. The first-order valence-electron chi connectivity index (χ1n) is 10.4. The van der Waals surface area contributed by atoms with Gasteiger partial charge < -0.3 is 23.7 Å². The van der Waals surface area contributed by atoms with Crippen LogP contribution in [0.1, 0.15) is 19.4 Å². The van der Waals surface area contributed by atoms with Gasteiger partial charge in [0.25, 0.3) is 5.56 Å². The molecule has 0 saturated carbocycles. The van der Waals surface area contributed by atoms with Crippen molar-refractivity contribution in [2.75, 3.05) is 41.5 Å². The average molecular weight is 482 g/mol. The van der Waals surface area contributed by atoms with E-state index in [1.54, 1.807) is 33.0 Å². The van der Waals surface area contributed by atoms with Crippen LogP contribution in [0.3, 0.4) is 0 Å². The van der Waals surface area contributed by atoms with E-state index in [1.165, 1.54) is 42.8 Å². The van der Waals surface area contributed by atoms with Gasteiger partial charge >= 0.3 is 0 Å². The maximum Gasteiger partial charge on any atom is 0.251 e. The second-order valence-electron chi connectivity index (χ2n) is 7.16. The molecule has 0 radical (unpaired) electrons. The highest BCUT2D eigenvalue weighted by atomic mass is 32.2. The van der Waals surface area contributed by atoms with E-state index in [1.807, 2.05) is 0 Å². The summed E-state index contributed by atoms with van der Waals surface area (Å²) in [5.74, 6) is 0.945. The van der Waals surface area contributed by atoms with Crippen LogP contribution in [0.15, 0.2) is 40.2 Å². The molecule has 1 amide bonds. The summed E-state index contributed by atoms with van der Waals surface area (Å²) in [5.41, 5.74) is 0.204. The molecule has 0 spiro atoms. The van der Waals surface area contributed by atoms with Crippen molar-refractivity contribution < 1.29 is 27.4 Å². The van der Waals surface area contributed by atoms with E-state index in [0.29, 0.717) is 35.9 Å². The third kappa shape index (κ3) is 5.66. The molecule has 0 fully saturated rings. The number of carbonyl (C=O) groups is 1. The molecule has 0 N–H and O–H groups in total. The summed E-state index contributed by atoms with van der Waals surface area (Å²) >= 11 is 0. The van der Waals surface area contributed by atoms with Gasteiger partial charge in [-0.25, -0.2) is 8.42 Å². The molecule has 0 atom stereocenters. The van der Waals surface area contributed by atoms with Crippen molar-refractivity contribution in [2.24, 2.45) is 0 Å². The van der Waals surface area contributed by atoms with E-state index in [0.717, 1.165) is 10.6 Å². The van der Waals surface area contributed by atoms with Crippen molar-refractivity contribution in [3.63, 3.8) is 0 Å². The number of sulfonamides is 1. The van der Waals surface area contributed by atoms with Gasteiger partial charge in [-0.15, -0.1) is 0 Å². The predicted molar refractivity (Wildman–Crippen MR) is 123 cm³/mol. The van der Waals surface area contributed by atoms with Crippen LogP contribution in [-0.2, 0) is 27.9 Å². The Balaban J connectivity index is 2.28. The molecule has 0 aliphatic carbocycles. The number of pyridine rings is 1. The number of aromatic nitrogens is 1. The summed E-state index contributed by atoms with van der Waals surface area (Å²) < 4.78 is 44.1. The van der Waals surface area contributed by atoms with Crippen molar-refractivity contribution >= 4 is 15.9 Å². The molecule has 1 heterocycles. The van der Waals surface area contributed by atoms with Gasteiger partial charge in [-0.2, -0.15) is 4.31 Å². The molecule has 0 unspecified atom stereocenters. The van der Waals surface area contributed by atoms with Crippen molar-refractivity contribution in [3.05, 3.63) is 46.4 Å². The lowest BCUT2D eigenvalue weighted by Gasteiger charge is -2.22. The van der Waals surface area contributed by atoms with Crippen molar-refractivity contribution in [1.82, 2.24) is 13.8 Å². The molecule has 0 aliphatic rings. The fourth-order valence-corrected chi connectivity index (χ4v) is 4.87. The maximum absolute atomic E-state index is 12.9. The molecule has 182 valence electrons. The average Bonchev–Trinajstić information content (AvgIpc) is 2.80. The van der Waals surface area contributed by atoms with Crippen LogP contribution < -0.4 is 19.8 Å². The molecular weight excluding hydrogens is 450 g/mol. The molecule has 2 rings (SSSR count). The topological polar surface area (TPSA) is 107 Å². The number of rotatable bonds is 11. The van der Waals surface area contributed by atoms with Gasteiger partial charge in [0.05, 0.1) is 26.2 Å². The van der Waals surface area contributed by atoms with Gasteiger partial charge in [-0.3, -0.25) is 9.59 Å². The SMILES string of the molecule is CCN(CC)S(=O)(=O)c1ccc(=O)n(CC(=O)N(C)Cc2ccc(OC)c(OC)c2OC)c1. The molecule has 0 bridgehead atoms. The number of carbonyl (C=O) groups excluding carboxylic acids is 1. The van der Waals surface area contributed by atoms with Crippen LogP contribution in [0.25, 0.3) is 0 Å². The Labute approximate surface area is 194 Å². The van der Waals surface area contributed by atoms with Gasteiger partial charge in [0, 0.05) is 44.5 Å². The Hall–Kier alpha value is -3.05. The number of hydrogen-bond donors (Lipinski definition) is 0. The summed E-state index contributed by atoms with van der Waals surface area (Å²) in [7, 11) is 2.32. The summed E-state index contributed by atoms with van der Waals surface area (Å²) in [5, 5.41) is 0. The highest BCUT2D eigenvalue weighted by Gasteiger charge is 2.23. The molecule has 11 heteroatoms. The summed E-state index contributed by atoms with van der Waals surface area (Å²) in [6.07, 6.45) is 1.21. The van der Waals surface area contributed by atoms with Crippen molar-refractivity contribution in [1.29, 1.82) is 0 Å². The van der Waals surface area contributed by atoms with E-state index in [4.69, 9.17) is 14.2 Å². The highest BCUT2D eigenvalue weighted by Crippen LogP contribution is 2.40. The number of benzene rings is 1. The monoisotopic (exact) mass is 481 g/mol. The zero-order chi connectivity index (χ0) is 24.8. The molecule has 1 aromatic carbocycles. The smallest absolute Gasteiger partial charge is 0.251 e. The minimum atomic E-state index is -3.76. The van der Waals surface area contributed by atoms with Gasteiger partial charge in [0.15, 0.2) is 11.5 Å². The Morgan fingerprint density at radius 3 is 2.15 bits per heavy atom. The van der Waals surface area contributed by atoms with E-state index in [-0.39, 0.29) is 23.9 Å². The first-order valence-corrected chi connectivity index (χ1v) is 11.8. The first-order chi connectivity index (χ1) is 15.6. The molecular formula is C22H31N3O7S. The van der Waals surface area contributed by atoms with Crippen LogP contribution in [0.4, 0.5) is 0 Å². The third-order valence-electron chi connectivity index (χ3n) is 5.22. The fourth-order valence-electron chi connectivity index (χ4n) is 3.40. The quantitative estimate of drug-likeness (QED) is 0.479. The van der Waals surface area contributed by atoms with Gasteiger partial charge in [-0.05, 0) is 18.2 Å². The van der Waals surface area contributed by atoms with E-state index < -0.39 is 15.6 Å². The molecule has 1 aromatic heterocycles. The van der Waals surface area contributed by atoms with Crippen LogP contribution in [0, 0.1) is 0 Å². The van der Waals surface area contributed by atoms with Gasteiger partial charge in [0.1, 0.15) is 6.54 Å².